The molecular formula is C6H8ClN3S2. The molecule has 1 heterocycles. The molecule has 4 N–H and O–H groups in total. The Morgan fingerprint density at radius 1 is 1.67 bits per heavy atom. The highest BCUT2D eigenvalue weighted by Crippen LogP contribution is 2.24. The summed E-state index contributed by atoms with van der Waals surface area (Å²) in [6, 6.07) is 3.82. The number of rotatable bonds is 2. The van der Waals surface area contributed by atoms with Crippen molar-refractivity contribution in [3.8, 4) is 0 Å². The van der Waals surface area contributed by atoms with Gasteiger partial charge in [-0.3, -0.25) is 0 Å². The number of amidine groups is 1. The largest absolute Gasteiger partial charge is 0.377 e. The third-order valence-electron chi connectivity index (χ3n) is 1.12. The van der Waals surface area contributed by atoms with Crippen LogP contribution in [-0.4, -0.2) is 5.17 Å². The Hall–Kier alpha value is -0.390. The van der Waals surface area contributed by atoms with Gasteiger partial charge in [0, 0.05) is 10.6 Å². The standard InChI is InChI=1S/C6H8ClN3S2/c7-5-2-1-4(12-5)3-11-6(8)10-9/h1-2H,3,9H2,(H2,8,10). The lowest BCUT2D eigenvalue weighted by Gasteiger charge is -1.94. The van der Waals surface area contributed by atoms with Crippen molar-refractivity contribution in [2.24, 2.45) is 16.7 Å². The van der Waals surface area contributed by atoms with Gasteiger partial charge in [-0.25, -0.2) is 0 Å². The highest BCUT2D eigenvalue weighted by molar-refractivity contribution is 8.13. The number of hydrogen-bond donors (Lipinski definition) is 2. The van der Waals surface area contributed by atoms with E-state index in [1.54, 1.807) is 0 Å². The van der Waals surface area contributed by atoms with Gasteiger partial charge in [-0.2, -0.15) is 5.10 Å². The van der Waals surface area contributed by atoms with Crippen LogP contribution in [0, 0.1) is 0 Å². The molecule has 0 bridgehead atoms. The average Bonchev–Trinajstić information content (AvgIpc) is 2.47. The fraction of sp³-hybridized carbons (Fsp3) is 0.167. The number of nitrogens with two attached hydrogens (primary N) is 2. The van der Waals surface area contributed by atoms with E-state index >= 15 is 0 Å². The smallest absolute Gasteiger partial charge is 0.177 e. The summed E-state index contributed by atoms with van der Waals surface area (Å²) >= 11 is 8.66. The molecule has 0 saturated carbocycles. The lowest BCUT2D eigenvalue weighted by atomic mass is 10.5. The van der Waals surface area contributed by atoms with E-state index in [0.717, 1.165) is 15.0 Å². The molecular weight excluding hydrogens is 214 g/mol. The van der Waals surface area contributed by atoms with Gasteiger partial charge < -0.3 is 11.6 Å². The van der Waals surface area contributed by atoms with Crippen molar-refractivity contribution < 1.29 is 0 Å². The Bertz CT molecular complexity index is 284. The van der Waals surface area contributed by atoms with Crippen LogP contribution in [0.1, 0.15) is 4.88 Å². The minimum Gasteiger partial charge on any atom is -0.377 e. The third-order valence-corrected chi connectivity index (χ3v) is 3.39. The maximum absolute atomic E-state index is 5.73. The summed E-state index contributed by atoms with van der Waals surface area (Å²) in [5.41, 5.74) is 5.39. The van der Waals surface area contributed by atoms with Crippen molar-refractivity contribution in [1.29, 1.82) is 0 Å². The average molecular weight is 222 g/mol. The van der Waals surface area contributed by atoms with Gasteiger partial charge in [-0.05, 0) is 12.1 Å². The van der Waals surface area contributed by atoms with Gasteiger partial charge in [-0.15, -0.1) is 11.3 Å². The number of halogens is 1. The molecule has 0 aromatic carbocycles. The Labute approximate surface area is 83.8 Å². The lowest BCUT2D eigenvalue weighted by Crippen LogP contribution is -2.08. The van der Waals surface area contributed by atoms with Gasteiger partial charge >= 0.3 is 0 Å². The summed E-state index contributed by atoms with van der Waals surface area (Å²) < 4.78 is 0.786. The second-order valence-corrected chi connectivity index (χ2v) is 4.76. The van der Waals surface area contributed by atoms with Gasteiger partial charge in [0.05, 0.1) is 4.34 Å². The van der Waals surface area contributed by atoms with Crippen LogP contribution in [0.15, 0.2) is 17.2 Å². The van der Waals surface area contributed by atoms with E-state index in [1.165, 1.54) is 23.1 Å². The zero-order valence-electron chi connectivity index (χ0n) is 6.16. The summed E-state index contributed by atoms with van der Waals surface area (Å²) in [4.78, 5) is 1.16. The molecule has 1 aromatic rings. The molecule has 66 valence electrons. The summed E-state index contributed by atoms with van der Waals surface area (Å²) in [6.45, 7) is 0. The maximum Gasteiger partial charge on any atom is 0.177 e. The molecule has 0 atom stereocenters. The Balaban J connectivity index is 2.43. The summed E-state index contributed by atoms with van der Waals surface area (Å²) in [5, 5.41) is 3.73. The monoisotopic (exact) mass is 221 g/mol. The number of thiophene rings is 1. The molecule has 6 heteroatoms. The van der Waals surface area contributed by atoms with Crippen LogP contribution in [-0.2, 0) is 5.75 Å². The first-order chi connectivity index (χ1) is 5.72. The third kappa shape index (κ3) is 2.92. The fourth-order valence-electron chi connectivity index (χ4n) is 0.612. The van der Waals surface area contributed by atoms with E-state index in [1.807, 2.05) is 12.1 Å². The number of hydrazone groups is 1. The van der Waals surface area contributed by atoms with Crippen molar-refractivity contribution in [2.45, 2.75) is 5.75 Å². The van der Waals surface area contributed by atoms with Crippen molar-refractivity contribution in [3.05, 3.63) is 21.3 Å². The number of hydrogen-bond acceptors (Lipinski definition) is 4. The van der Waals surface area contributed by atoms with Crippen molar-refractivity contribution >= 4 is 39.9 Å². The molecule has 0 aliphatic carbocycles. The molecule has 0 amide bonds. The second kappa shape index (κ2) is 4.59. The van der Waals surface area contributed by atoms with Crippen LogP contribution in [0.25, 0.3) is 0 Å². The van der Waals surface area contributed by atoms with Crippen LogP contribution in [0.2, 0.25) is 4.34 Å². The molecule has 0 unspecified atom stereocenters. The normalized spacial score (nSPS) is 11.9. The number of thioether (sulfide) groups is 1. The molecule has 0 fully saturated rings. The minimum atomic E-state index is 0.388. The van der Waals surface area contributed by atoms with E-state index in [4.69, 9.17) is 23.2 Å². The Kier molecular flexibility index (Phi) is 3.71. The maximum atomic E-state index is 5.73. The van der Waals surface area contributed by atoms with E-state index < -0.39 is 0 Å². The summed E-state index contributed by atoms with van der Waals surface area (Å²) in [7, 11) is 0. The van der Waals surface area contributed by atoms with Crippen molar-refractivity contribution in [1.82, 2.24) is 0 Å². The van der Waals surface area contributed by atoms with Crippen LogP contribution in [0.3, 0.4) is 0 Å². The van der Waals surface area contributed by atoms with E-state index in [0.29, 0.717) is 5.17 Å². The van der Waals surface area contributed by atoms with Crippen LogP contribution >= 0.6 is 34.7 Å². The minimum absolute atomic E-state index is 0.388. The van der Waals surface area contributed by atoms with Gasteiger partial charge in [0.15, 0.2) is 5.17 Å². The van der Waals surface area contributed by atoms with Crippen molar-refractivity contribution in [2.75, 3.05) is 0 Å². The lowest BCUT2D eigenvalue weighted by molar-refractivity contribution is 1.25. The van der Waals surface area contributed by atoms with Gasteiger partial charge in [-0.1, -0.05) is 23.4 Å². The summed E-state index contributed by atoms with van der Waals surface area (Å²) in [6.07, 6.45) is 0. The van der Waals surface area contributed by atoms with Crippen LogP contribution in [0.5, 0.6) is 0 Å². The molecule has 0 radical (unpaired) electrons. The van der Waals surface area contributed by atoms with Crippen LogP contribution < -0.4 is 11.6 Å². The predicted octanol–water partition coefficient (Wildman–Crippen LogP) is 1.82. The van der Waals surface area contributed by atoms with Gasteiger partial charge in [0.25, 0.3) is 0 Å². The molecule has 0 spiro atoms. The topological polar surface area (TPSA) is 64.4 Å². The molecule has 0 aliphatic heterocycles. The molecule has 0 saturated heterocycles. The SMILES string of the molecule is NN=C(N)SCc1ccc(Cl)s1. The molecule has 1 aromatic heterocycles. The molecule has 3 nitrogen and oxygen atoms in total. The fourth-order valence-corrected chi connectivity index (χ4v) is 2.37. The Morgan fingerprint density at radius 2 is 2.42 bits per heavy atom. The quantitative estimate of drug-likeness (QED) is 0.347. The zero-order chi connectivity index (χ0) is 8.97. The molecule has 1 rings (SSSR count). The highest BCUT2D eigenvalue weighted by Gasteiger charge is 1.99. The first-order valence-electron chi connectivity index (χ1n) is 3.12. The van der Waals surface area contributed by atoms with Crippen molar-refractivity contribution in [3.63, 3.8) is 0 Å². The number of nitrogens with zero attached hydrogens (tertiary/aromatic N) is 1. The molecule has 12 heavy (non-hydrogen) atoms. The second-order valence-electron chi connectivity index (χ2n) is 1.96. The highest BCUT2D eigenvalue weighted by atomic mass is 35.5. The van der Waals surface area contributed by atoms with E-state index in [-0.39, 0.29) is 0 Å². The first-order valence-corrected chi connectivity index (χ1v) is 5.30. The first kappa shape index (κ1) is 9.70. The predicted molar refractivity (Wildman–Crippen MR) is 56.4 cm³/mol. The van der Waals surface area contributed by atoms with E-state index in [9.17, 15) is 0 Å². The Morgan fingerprint density at radius 3 is 2.92 bits per heavy atom. The summed E-state index contributed by atoms with van der Waals surface area (Å²) in [5.74, 6) is 5.73. The zero-order valence-corrected chi connectivity index (χ0v) is 8.55. The van der Waals surface area contributed by atoms with E-state index in [2.05, 4.69) is 5.10 Å². The van der Waals surface area contributed by atoms with Gasteiger partial charge in [0.1, 0.15) is 0 Å². The van der Waals surface area contributed by atoms with Crippen LogP contribution in [0.4, 0.5) is 0 Å². The molecule has 0 aliphatic rings. The van der Waals surface area contributed by atoms with Gasteiger partial charge in [0.2, 0.25) is 0 Å².